The molecule has 7 aliphatic heterocycles. The largest absolute Gasteiger partial charge is 0.508 e. The lowest BCUT2D eigenvalue weighted by molar-refractivity contribution is -0.333. The van der Waals surface area contributed by atoms with E-state index in [0.717, 1.165) is 92.8 Å². The molecule has 39 heteroatoms. The Morgan fingerprint density at radius 2 is 1.33 bits per heavy atom. The second-order valence-corrected chi connectivity index (χ2v) is 36.3. The van der Waals surface area contributed by atoms with Gasteiger partial charge in [0.1, 0.15) is 108 Å². The summed E-state index contributed by atoms with van der Waals surface area (Å²) in [6.45, 7) is 7.76. The van der Waals surface area contributed by atoms with Gasteiger partial charge >= 0.3 is 0 Å². The fourth-order valence-electron chi connectivity index (χ4n) is 18.3. The summed E-state index contributed by atoms with van der Waals surface area (Å²) in [6.07, 6.45) is -14.7. The first-order valence-electron chi connectivity index (χ1n) is 41.4. The zero-order valence-corrected chi connectivity index (χ0v) is 70.8. The zero-order valence-electron chi connectivity index (χ0n) is 69.2. The van der Waals surface area contributed by atoms with Crippen LogP contribution < -0.4 is 77.3 Å². The first kappa shape index (κ1) is 90.7. The molecule has 15 bridgehead atoms. The number of carbonyl (C=O) groups is 8. The van der Waals surface area contributed by atoms with Crippen LogP contribution in [-0.4, -0.2) is 220 Å². The fourth-order valence-corrected chi connectivity index (χ4v) is 19.5. The minimum atomic E-state index is -4.91. The van der Waals surface area contributed by atoms with E-state index in [0.29, 0.717) is 18.4 Å². The molecule has 0 aromatic heterocycles. The number of aliphatic hydroxyl groups excluding tert-OH is 6. The van der Waals surface area contributed by atoms with Gasteiger partial charge in [0.25, 0.3) is 10.0 Å². The molecule has 4 aliphatic carbocycles. The number of ether oxygens (including phenoxy) is 7. The molecular weight excluding hydrogens is 1670 g/mol. The van der Waals surface area contributed by atoms with Crippen molar-refractivity contribution in [3.63, 3.8) is 0 Å². The van der Waals surface area contributed by atoms with Gasteiger partial charge in [-0.2, -0.15) is 0 Å². The lowest BCUT2D eigenvalue weighted by atomic mass is 9.54. The van der Waals surface area contributed by atoms with Gasteiger partial charge in [-0.15, -0.1) is 0 Å². The number of aromatic hydroxyl groups is 3. The summed E-state index contributed by atoms with van der Waals surface area (Å²) in [5, 5.41) is 131. The summed E-state index contributed by atoms with van der Waals surface area (Å²) in [6, 6.07) is 4.86. The number of benzene rings is 6. The van der Waals surface area contributed by atoms with Crippen LogP contribution in [0.3, 0.4) is 0 Å². The number of hydrogen-bond donors (Lipinski definition) is 20. The predicted octanol–water partition coefficient (Wildman–Crippen LogP) is 2.24. The molecule has 2 saturated heterocycles. The standard InChI is InChI=1S/C86H104ClN11O26S/c1-36(2)20-53(90-7)78(109)96-69-71(104)42-9-16-57(37(3)21-42)120-59-29-46-30-60(75(59)124-85-76(74(107)73(106)61(35-99)122-85)123-63-34-86(5,88)77(108)38(4)119-63)121-58-17-10-43(28-52(58)87)72(105)70-84(115)95-68(82(113)92-65-44-23-39-22-40(25-44)26-45(65)24-39)51-31-47(100)32-56(102)64(51)50-27-41(8-15-55(50)101)66(80(111)97-70)94-81(112)67(46)93-79(110)54(91-83(69)114)33-62(103)98-125(116,117)49-13-11-48(12-14-49)118-19-18-89-6/h8-17,21,27-32,36,38-40,44-45,53-54,61,63,65-74,76-77,85,89-90,99-102,104-108H,18-20,22-26,33-35,88H2,1-7H3,(H,91,114)(H,92,113)(H,93,110)(H,94,112)(H,95,115)(H,96,109)(H,97,111)(H,98,103)/t38-,39?,40?,44?,45?,53+,54-,61+,63-,65?,66+,67+,68-,69+,70-,71+,72+,73+,74-,76+,77+,85-,86-/m0/s1. The average molecular weight is 1780 g/mol. The van der Waals surface area contributed by atoms with Crippen molar-refractivity contribution in [3.8, 4) is 62.9 Å². The van der Waals surface area contributed by atoms with Crippen molar-refractivity contribution in [1.82, 2.24) is 52.6 Å². The Kier molecular flexibility index (Phi) is 27.0. The van der Waals surface area contributed by atoms with Crippen LogP contribution in [0.1, 0.15) is 143 Å². The lowest BCUT2D eigenvalue weighted by Gasteiger charge is -2.54. The van der Waals surface area contributed by atoms with Gasteiger partial charge in [-0.25, -0.2) is 13.1 Å². The highest BCUT2D eigenvalue weighted by atomic mass is 35.5. The molecule has 125 heavy (non-hydrogen) atoms. The number of nitrogens with two attached hydrogens (primary N) is 1. The number of aliphatic hydroxyl groups is 6. The Balaban J connectivity index is 0.968. The van der Waals surface area contributed by atoms with E-state index in [1.165, 1.54) is 70.3 Å². The third-order valence-electron chi connectivity index (χ3n) is 24.6. The molecule has 37 nitrogen and oxygen atoms in total. The van der Waals surface area contributed by atoms with Crippen molar-refractivity contribution in [2.45, 2.75) is 206 Å². The Morgan fingerprint density at radius 1 is 0.688 bits per heavy atom. The van der Waals surface area contributed by atoms with Crippen molar-refractivity contribution in [2.24, 2.45) is 35.3 Å². The van der Waals surface area contributed by atoms with Gasteiger partial charge in [0.2, 0.25) is 59.3 Å². The highest BCUT2D eigenvalue weighted by molar-refractivity contribution is 7.90. The Hall–Kier alpha value is -10.6. The molecule has 6 aromatic carbocycles. The monoisotopic (exact) mass is 1770 g/mol. The Labute approximate surface area is 723 Å². The maximum atomic E-state index is 16.7. The number of likely N-dealkylation sites (N-methyl/N-ethyl adjacent to an activating group) is 2. The van der Waals surface area contributed by atoms with Gasteiger partial charge < -0.3 is 133 Å². The van der Waals surface area contributed by atoms with Gasteiger partial charge in [-0.1, -0.05) is 43.6 Å². The summed E-state index contributed by atoms with van der Waals surface area (Å²) in [7, 11) is -1.75. The molecule has 672 valence electrons. The first-order valence-corrected chi connectivity index (χ1v) is 43.2. The van der Waals surface area contributed by atoms with Crippen LogP contribution in [0.25, 0.3) is 11.1 Å². The van der Waals surface area contributed by atoms with Crippen LogP contribution in [-0.2, 0) is 62.6 Å². The van der Waals surface area contributed by atoms with Crippen molar-refractivity contribution < 1.29 is 126 Å². The normalized spacial score (nSPS) is 30.5. The molecule has 0 unspecified atom stereocenters. The number of phenols is 3. The van der Waals surface area contributed by atoms with Crippen molar-refractivity contribution >= 4 is 68.9 Å². The number of aryl methyl sites for hydroxylation is 1. The van der Waals surface area contributed by atoms with Gasteiger partial charge in [0.15, 0.2) is 23.9 Å². The topological polar surface area (TPSA) is 564 Å². The molecule has 0 radical (unpaired) electrons. The number of sulfonamides is 1. The molecule has 11 aliphatic rings. The number of phenolic OH excluding ortho intramolecular Hbond substituents is 3. The van der Waals surface area contributed by atoms with Crippen molar-refractivity contribution in [3.05, 3.63) is 142 Å². The number of hydrogen-bond acceptors (Lipinski definition) is 29. The van der Waals surface area contributed by atoms with E-state index < -0.39 is 236 Å². The quantitative estimate of drug-likeness (QED) is 0.0487. The smallest absolute Gasteiger partial charge is 0.264 e. The second kappa shape index (κ2) is 37.2. The molecule has 18 atom stereocenters. The third kappa shape index (κ3) is 19.4. The number of nitrogens with one attached hydrogen (secondary N) is 10. The van der Waals surface area contributed by atoms with Crippen molar-refractivity contribution in [2.75, 3.05) is 33.9 Å². The van der Waals surface area contributed by atoms with Gasteiger partial charge in [0.05, 0.1) is 41.2 Å². The van der Waals surface area contributed by atoms with E-state index in [9.17, 15) is 64.0 Å². The van der Waals surface area contributed by atoms with Crippen LogP contribution in [0, 0.1) is 36.5 Å². The molecule has 8 amide bonds. The van der Waals surface area contributed by atoms with Crippen LogP contribution in [0.2, 0.25) is 5.02 Å². The van der Waals surface area contributed by atoms with Gasteiger partial charge in [-0.05, 0) is 215 Å². The Morgan fingerprint density at radius 3 is 1.97 bits per heavy atom. The van der Waals surface area contributed by atoms with Crippen LogP contribution in [0.4, 0.5) is 0 Å². The minimum Gasteiger partial charge on any atom is -0.508 e. The minimum absolute atomic E-state index is 0.0488. The van der Waals surface area contributed by atoms with E-state index >= 15 is 28.8 Å². The van der Waals surface area contributed by atoms with Crippen LogP contribution in [0.5, 0.6) is 51.7 Å². The maximum Gasteiger partial charge on any atom is 0.264 e. The SMILES string of the molecule is CNCCOc1ccc(S(=O)(=O)NC(=O)C[C@@H]2NC(=O)[C@H](NC(=O)[C@@H](CC(C)C)NC)[C@H](O)c3ccc(c(C)c3)Oc3cc4cc(c3O[C@@H]3O[C@H](CO)[C@@H](O)[C@H](O)[C@H]3O[C@H]3C[C@](C)(N)[C@H](O)[C@H](C)O3)Oc3ccc(cc3Cl)[C@@H](O)[C@@H]3NC(=O)[C@H](NC(=O)[C@@H]4NC2=O)c2ccc(O)c(c2)-c2c(O)cc(O)cc2[C@@H](C(=O)NC2C4CC5CC(C4)CC2C5)NC3=O)cc1. The summed E-state index contributed by atoms with van der Waals surface area (Å²) < 4.78 is 75.4. The first-order chi connectivity index (χ1) is 59.4. The summed E-state index contributed by atoms with van der Waals surface area (Å²) in [5.74, 6) is -13.6. The number of amides is 8. The molecule has 17 rings (SSSR count). The number of fused-ring (bicyclic) bond motifs is 15. The highest BCUT2D eigenvalue weighted by Gasteiger charge is 2.53. The van der Waals surface area contributed by atoms with Crippen molar-refractivity contribution in [1.29, 1.82) is 0 Å². The second-order valence-electron chi connectivity index (χ2n) is 34.2. The van der Waals surface area contributed by atoms with E-state index in [1.54, 1.807) is 7.05 Å². The lowest BCUT2D eigenvalue weighted by Crippen LogP contribution is -2.64. The summed E-state index contributed by atoms with van der Waals surface area (Å²) >= 11 is 7.29. The average Bonchev–Trinajstić information content (AvgIpc) is 0.773. The van der Waals surface area contributed by atoms with E-state index in [-0.39, 0.29) is 93.4 Å². The summed E-state index contributed by atoms with van der Waals surface area (Å²) in [5.41, 5.74) is 3.08. The molecule has 6 fully saturated rings. The number of halogens is 1. The van der Waals surface area contributed by atoms with E-state index in [4.69, 9.17) is 50.5 Å². The fraction of sp³-hybridized carbons (Fsp3) is 0.488. The third-order valence-corrected chi connectivity index (χ3v) is 26.2. The molecular formula is C86H104ClN11O26S. The molecule has 0 spiro atoms. The van der Waals surface area contributed by atoms with E-state index in [2.05, 4.69) is 47.9 Å². The molecule has 7 heterocycles. The van der Waals surface area contributed by atoms with E-state index in [1.807, 2.05) is 18.6 Å². The van der Waals surface area contributed by atoms with Gasteiger partial charge in [0, 0.05) is 41.7 Å². The molecule has 21 N–H and O–H groups in total. The maximum absolute atomic E-state index is 16.7. The Bertz CT molecular complexity index is 5210. The summed E-state index contributed by atoms with van der Waals surface area (Å²) in [4.78, 5) is 125. The van der Waals surface area contributed by atoms with Gasteiger partial charge in [-0.3, -0.25) is 38.4 Å². The molecule has 6 aromatic rings. The zero-order chi connectivity index (χ0) is 89.7. The van der Waals surface area contributed by atoms with Crippen LogP contribution >= 0.6 is 11.6 Å². The number of carbonyl (C=O) groups excluding carboxylic acids is 8. The molecule has 4 saturated carbocycles. The predicted molar refractivity (Wildman–Crippen MR) is 442 cm³/mol. The highest BCUT2D eigenvalue weighted by Crippen LogP contribution is 2.55. The number of rotatable bonds is 20. The van der Waals surface area contributed by atoms with Crippen LogP contribution in [0.15, 0.2) is 108 Å².